The van der Waals surface area contributed by atoms with Gasteiger partial charge in [-0.05, 0) is 30.8 Å². The van der Waals surface area contributed by atoms with Crippen molar-refractivity contribution in [1.29, 1.82) is 0 Å². The maximum atomic E-state index is 13.0. The summed E-state index contributed by atoms with van der Waals surface area (Å²) in [4.78, 5) is 3.69. The van der Waals surface area contributed by atoms with Crippen LogP contribution in [0.25, 0.3) is 0 Å². The fourth-order valence-electron chi connectivity index (χ4n) is 2.37. The van der Waals surface area contributed by atoms with Crippen LogP contribution in [-0.2, 0) is 0 Å². The molecule has 100 valence electrons. The molecule has 2 nitrogen and oxygen atoms in total. The largest absolute Gasteiger partial charge is 0.368 e. The highest BCUT2D eigenvalue weighted by atomic mass is 19.3. The summed E-state index contributed by atoms with van der Waals surface area (Å²) in [6, 6.07) is 5.25. The smallest absolute Gasteiger partial charge is 0.255 e. The van der Waals surface area contributed by atoms with E-state index >= 15 is 0 Å². The van der Waals surface area contributed by atoms with Crippen LogP contribution in [0, 0.1) is 5.82 Å². The number of likely N-dealkylation sites (N-methyl/N-ethyl adjacent to an activating group) is 1. The number of piperazine rings is 1. The Kier molecular flexibility index (Phi) is 4.11. The van der Waals surface area contributed by atoms with Crippen LogP contribution in [0.2, 0.25) is 0 Å². The molecule has 0 aromatic heterocycles. The highest BCUT2D eigenvalue weighted by molar-refractivity contribution is 5.47. The summed E-state index contributed by atoms with van der Waals surface area (Å²) >= 11 is 0. The number of hydrogen-bond donors (Lipinski definition) is 0. The van der Waals surface area contributed by atoms with Crippen LogP contribution in [-0.4, -0.2) is 43.5 Å². The summed E-state index contributed by atoms with van der Waals surface area (Å²) in [5, 5.41) is 0. The zero-order chi connectivity index (χ0) is 13.1. The normalized spacial score (nSPS) is 21.6. The van der Waals surface area contributed by atoms with E-state index < -0.39 is 12.5 Å². The minimum absolute atomic E-state index is 0.289. The summed E-state index contributed by atoms with van der Waals surface area (Å²) in [6.45, 7) is 4.12. The van der Waals surface area contributed by atoms with Crippen molar-refractivity contribution in [3.63, 3.8) is 0 Å². The van der Waals surface area contributed by atoms with Gasteiger partial charge in [-0.2, -0.15) is 0 Å². The van der Waals surface area contributed by atoms with Crippen LogP contribution in [0.1, 0.15) is 6.92 Å². The highest BCUT2D eigenvalue weighted by Gasteiger charge is 2.32. The summed E-state index contributed by atoms with van der Waals surface area (Å²) in [7, 11) is 0. The van der Waals surface area contributed by atoms with Crippen LogP contribution in [0.5, 0.6) is 0 Å². The first-order chi connectivity index (χ1) is 8.61. The van der Waals surface area contributed by atoms with Crippen LogP contribution >= 0.6 is 0 Å². The lowest BCUT2D eigenvalue weighted by atomic mass is 10.1. The maximum absolute atomic E-state index is 13.0. The van der Waals surface area contributed by atoms with Gasteiger partial charge in [0, 0.05) is 25.3 Å². The number of anilines is 1. The van der Waals surface area contributed by atoms with Crippen LogP contribution in [0.4, 0.5) is 18.9 Å². The molecule has 1 atom stereocenters. The number of nitrogens with zero attached hydrogens (tertiary/aromatic N) is 2. The molecule has 0 amide bonds. The van der Waals surface area contributed by atoms with Gasteiger partial charge in [0.2, 0.25) is 0 Å². The number of alkyl halides is 2. The molecule has 0 bridgehead atoms. The Morgan fingerprint density at radius 1 is 1.22 bits per heavy atom. The lowest BCUT2D eigenvalue weighted by Crippen LogP contribution is -2.56. The first-order valence-electron chi connectivity index (χ1n) is 6.14. The van der Waals surface area contributed by atoms with Crippen molar-refractivity contribution in [3.05, 3.63) is 30.1 Å². The van der Waals surface area contributed by atoms with Gasteiger partial charge in [-0.25, -0.2) is 13.2 Å². The van der Waals surface area contributed by atoms with Gasteiger partial charge in [-0.15, -0.1) is 0 Å². The number of halogens is 3. The SMILES string of the molecule is CCN1CCN(c2ccc(F)cc2)CC1C(F)F. The molecule has 1 aromatic carbocycles. The molecule has 2 rings (SSSR count). The molecule has 1 aromatic rings. The molecular formula is C13H17F3N2. The van der Waals surface area contributed by atoms with E-state index in [1.165, 1.54) is 12.1 Å². The van der Waals surface area contributed by atoms with E-state index in [4.69, 9.17) is 0 Å². The van der Waals surface area contributed by atoms with Crippen molar-refractivity contribution >= 4 is 5.69 Å². The van der Waals surface area contributed by atoms with Crippen LogP contribution in [0.3, 0.4) is 0 Å². The van der Waals surface area contributed by atoms with E-state index in [1.54, 1.807) is 17.0 Å². The quantitative estimate of drug-likeness (QED) is 0.822. The third-order valence-corrected chi connectivity index (χ3v) is 3.42. The molecule has 0 radical (unpaired) electrons. The highest BCUT2D eigenvalue weighted by Crippen LogP contribution is 2.22. The molecule has 5 heteroatoms. The fourth-order valence-corrected chi connectivity index (χ4v) is 2.37. The maximum Gasteiger partial charge on any atom is 0.255 e. The third kappa shape index (κ3) is 2.77. The van der Waals surface area contributed by atoms with Gasteiger partial charge in [0.25, 0.3) is 6.43 Å². The molecule has 0 spiro atoms. The van der Waals surface area contributed by atoms with Crippen molar-refractivity contribution < 1.29 is 13.2 Å². The van der Waals surface area contributed by atoms with E-state index in [0.29, 0.717) is 19.6 Å². The standard InChI is InChI=1S/C13H17F3N2/c1-2-17-7-8-18(9-12(17)13(15)16)11-5-3-10(14)4-6-11/h3-6,12-13H,2,7-9H2,1H3. The first-order valence-corrected chi connectivity index (χ1v) is 6.14. The predicted octanol–water partition coefficient (Wildman–Crippen LogP) is 2.60. The molecule has 1 fully saturated rings. The molecule has 1 unspecified atom stereocenters. The Morgan fingerprint density at radius 3 is 2.44 bits per heavy atom. The Balaban J connectivity index is 2.10. The second kappa shape index (κ2) is 5.61. The van der Waals surface area contributed by atoms with Gasteiger partial charge in [-0.1, -0.05) is 6.92 Å². The molecule has 1 aliphatic rings. The van der Waals surface area contributed by atoms with E-state index in [0.717, 1.165) is 5.69 Å². The Hall–Kier alpha value is -1.23. The number of rotatable bonds is 3. The van der Waals surface area contributed by atoms with E-state index in [-0.39, 0.29) is 12.4 Å². The van der Waals surface area contributed by atoms with Gasteiger partial charge in [0.1, 0.15) is 5.82 Å². The summed E-state index contributed by atoms with van der Waals surface area (Å²) in [6.07, 6.45) is -2.35. The predicted molar refractivity (Wildman–Crippen MR) is 65.7 cm³/mol. The molecule has 0 saturated carbocycles. The van der Waals surface area contributed by atoms with E-state index in [1.807, 2.05) is 11.8 Å². The van der Waals surface area contributed by atoms with Crippen molar-refractivity contribution in [2.24, 2.45) is 0 Å². The first kappa shape index (κ1) is 13.2. The second-order valence-electron chi connectivity index (χ2n) is 4.45. The van der Waals surface area contributed by atoms with E-state index in [9.17, 15) is 13.2 Å². The number of hydrogen-bond acceptors (Lipinski definition) is 2. The zero-order valence-corrected chi connectivity index (χ0v) is 10.3. The molecule has 0 N–H and O–H groups in total. The fraction of sp³-hybridized carbons (Fsp3) is 0.538. The zero-order valence-electron chi connectivity index (χ0n) is 10.3. The summed E-state index contributed by atoms with van der Waals surface area (Å²) in [5.74, 6) is -0.309. The molecular weight excluding hydrogens is 241 g/mol. The summed E-state index contributed by atoms with van der Waals surface area (Å²) < 4.78 is 38.8. The minimum Gasteiger partial charge on any atom is -0.368 e. The number of benzene rings is 1. The Morgan fingerprint density at radius 2 is 1.89 bits per heavy atom. The topological polar surface area (TPSA) is 6.48 Å². The van der Waals surface area contributed by atoms with Gasteiger partial charge in [-0.3, -0.25) is 4.90 Å². The van der Waals surface area contributed by atoms with Crippen LogP contribution in [0.15, 0.2) is 24.3 Å². The Labute approximate surface area is 105 Å². The van der Waals surface area contributed by atoms with Crippen molar-refractivity contribution in [2.45, 2.75) is 19.4 Å². The van der Waals surface area contributed by atoms with Crippen molar-refractivity contribution in [3.8, 4) is 0 Å². The monoisotopic (exact) mass is 258 g/mol. The van der Waals surface area contributed by atoms with Crippen molar-refractivity contribution in [2.75, 3.05) is 31.1 Å². The molecule has 0 aliphatic carbocycles. The van der Waals surface area contributed by atoms with Gasteiger partial charge >= 0.3 is 0 Å². The average Bonchev–Trinajstić information content (AvgIpc) is 2.39. The lowest BCUT2D eigenvalue weighted by molar-refractivity contribution is 0.0218. The average molecular weight is 258 g/mol. The molecule has 1 saturated heterocycles. The third-order valence-electron chi connectivity index (χ3n) is 3.42. The lowest BCUT2D eigenvalue weighted by Gasteiger charge is -2.41. The van der Waals surface area contributed by atoms with E-state index in [2.05, 4.69) is 0 Å². The molecule has 1 aliphatic heterocycles. The summed E-state index contributed by atoms with van der Waals surface area (Å²) in [5.41, 5.74) is 0.804. The molecule has 1 heterocycles. The minimum atomic E-state index is -2.35. The van der Waals surface area contributed by atoms with Crippen molar-refractivity contribution in [1.82, 2.24) is 4.90 Å². The van der Waals surface area contributed by atoms with Gasteiger partial charge in [0.15, 0.2) is 0 Å². The van der Waals surface area contributed by atoms with Gasteiger partial charge in [0.05, 0.1) is 6.04 Å². The second-order valence-corrected chi connectivity index (χ2v) is 4.45. The molecule has 18 heavy (non-hydrogen) atoms. The Bertz CT molecular complexity index is 380. The van der Waals surface area contributed by atoms with Crippen LogP contribution < -0.4 is 4.90 Å². The van der Waals surface area contributed by atoms with Gasteiger partial charge < -0.3 is 4.90 Å².